The second kappa shape index (κ2) is 4.67. The summed E-state index contributed by atoms with van der Waals surface area (Å²) in [5.74, 6) is 0.580. The molecule has 0 spiro atoms. The van der Waals surface area contributed by atoms with Gasteiger partial charge in [-0.3, -0.25) is 0 Å². The van der Waals surface area contributed by atoms with Gasteiger partial charge in [0.15, 0.2) is 5.58 Å². The van der Waals surface area contributed by atoms with E-state index in [1.807, 2.05) is 60.7 Å². The van der Waals surface area contributed by atoms with Crippen LogP contribution in [-0.2, 0) is 0 Å². The Bertz CT molecular complexity index is 682. The number of aromatic nitrogens is 1. The quantitative estimate of drug-likeness (QED) is 0.666. The molecule has 88 valence electrons. The number of nitrogens with zero attached hydrogens (tertiary/aromatic N) is 1. The molecule has 0 bridgehead atoms. The Morgan fingerprint density at radius 3 is 2.56 bits per heavy atom. The zero-order valence-corrected chi connectivity index (χ0v) is 10.3. The van der Waals surface area contributed by atoms with Gasteiger partial charge in [-0.15, -0.1) is 0 Å². The van der Waals surface area contributed by atoms with Crippen LogP contribution in [0.15, 0.2) is 52.9 Å². The summed E-state index contributed by atoms with van der Waals surface area (Å²) >= 11 is 6.07. The molecule has 3 heteroatoms. The highest BCUT2D eigenvalue weighted by Crippen LogP contribution is 2.19. The molecule has 3 aromatic rings. The fourth-order valence-corrected chi connectivity index (χ4v) is 1.93. The van der Waals surface area contributed by atoms with E-state index in [4.69, 9.17) is 16.0 Å². The molecule has 0 aliphatic carbocycles. The Labute approximate surface area is 110 Å². The number of hydrogen-bond donors (Lipinski definition) is 0. The van der Waals surface area contributed by atoms with E-state index in [1.54, 1.807) is 0 Å². The highest BCUT2D eigenvalue weighted by Gasteiger charge is 2.01. The van der Waals surface area contributed by atoms with E-state index in [0.29, 0.717) is 10.9 Å². The fourth-order valence-electron chi connectivity index (χ4n) is 1.73. The fraction of sp³-hybridized carbons (Fsp3) is 0. The first-order chi connectivity index (χ1) is 8.83. The molecule has 0 amide bonds. The molecular weight excluding hydrogens is 246 g/mol. The zero-order chi connectivity index (χ0) is 12.4. The van der Waals surface area contributed by atoms with Gasteiger partial charge in [0.1, 0.15) is 5.52 Å². The molecule has 0 N–H and O–H groups in total. The molecule has 0 aliphatic rings. The van der Waals surface area contributed by atoms with Crippen molar-refractivity contribution in [1.82, 2.24) is 4.98 Å². The number of fused-ring (bicyclic) bond motifs is 1. The molecule has 1 heterocycles. The predicted molar refractivity (Wildman–Crippen MR) is 74.4 cm³/mol. The van der Waals surface area contributed by atoms with Crippen LogP contribution >= 0.6 is 11.6 Å². The second-order valence-electron chi connectivity index (χ2n) is 3.87. The SMILES string of the molecule is Clc1ccccc1/C=C\c1nc2ccccc2o1. The molecule has 18 heavy (non-hydrogen) atoms. The van der Waals surface area contributed by atoms with Gasteiger partial charge in [-0.05, 0) is 29.8 Å². The Morgan fingerprint density at radius 2 is 1.72 bits per heavy atom. The first kappa shape index (κ1) is 11.1. The lowest BCUT2D eigenvalue weighted by molar-refractivity contribution is 0.590. The van der Waals surface area contributed by atoms with Crippen LogP contribution in [0.3, 0.4) is 0 Å². The van der Waals surface area contributed by atoms with Gasteiger partial charge in [0.25, 0.3) is 0 Å². The van der Waals surface area contributed by atoms with Gasteiger partial charge >= 0.3 is 0 Å². The van der Waals surface area contributed by atoms with Crippen molar-refractivity contribution in [2.45, 2.75) is 0 Å². The van der Waals surface area contributed by atoms with Crippen molar-refractivity contribution < 1.29 is 4.42 Å². The van der Waals surface area contributed by atoms with Crippen LogP contribution in [0.2, 0.25) is 5.02 Å². The maximum Gasteiger partial charge on any atom is 0.220 e. The van der Waals surface area contributed by atoms with Gasteiger partial charge in [0.05, 0.1) is 0 Å². The minimum absolute atomic E-state index is 0.580. The van der Waals surface area contributed by atoms with Crippen molar-refractivity contribution >= 4 is 34.9 Å². The van der Waals surface area contributed by atoms with Gasteiger partial charge in [0.2, 0.25) is 5.89 Å². The Kier molecular flexibility index (Phi) is 2.87. The molecule has 0 atom stereocenters. The normalized spacial score (nSPS) is 11.4. The number of hydrogen-bond acceptors (Lipinski definition) is 2. The highest BCUT2D eigenvalue weighted by atomic mass is 35.5. The standard InChI is InChI=1S/C15H10ClNO/c16-12-6-2-1-5-11(12)9-10-15-17-13-7-3-4-8-14(13)18-15/h1-10H/b10-9-. The molecule has 0 saturated carbocycles. The number of oxazole rings is 1. The van der Waals surface area contributed by atoms with E-state index in [-0.39, 0.29) is 0 Å². The molecule has 0 unspecified atom stereocenters. The van der Waals surface area contributed by atoms with Crippen LogP contribution in [0.25, 0.3) is 23.3 Å². The summed E-state index contributed by atoms with van der Waals surface area (Å²) in [5, 5.41) is 0.713. The average molecular weight is 256 g/mol. The average Bonchev–Trinajstić information content (AvgIpc) is 2.80. The lowest BCUT2D eigenvalue weighted by Crippen LogP contribution is -1.74. The van der Waals surface area contributed by atoms with E-state index in [2.05, 4.69) is 4.98 Å². The van der Waals surface area contributed by atoms with Crippen molar-refractivity contribution in [1.29, 1.82) is 0 Å². The van der Waals surface area contributed by atoms with Crippen molar-refractivity contribution in [3.8, 4) is 0 Å². The van der Waals surface area contributed by atoms with E-state index in [0.717, 1.165) is 16.7 Å². The molecule has 0 radical (unpaired) electrons. The van der Waals surface area contributed by atoms with Crippen LogP contribution in [0.4, 0.5) is 0 Å². The van der Waals surface area contributed by atoms with Crippen molar-refractivity contribution in [3.05, 3.63) is 65.0 Å². The van der Waals surface area contributed by atoms with Gasteiger partial charge in [-0.1, -0.05) is 41.9 Å². The molecule has 3 rings (SSSR count). The van der Waals surface area contributed by atoms with Crippen LogP contribution in [0.1, 0.15) is 11.5 Å². The lowest BCUT2D eigenvalue weighted by atomic mass is 10.2. The highest BCUT2D eigenvalue weighted by molar-refractivity contribution is 6.32. The summed E-state index contributed by atoms with van der Waals surface area (Å²) in [6.07, 6.45) is 3.72. The van der Waals surface area contributed by atoms with Crippen LogP contribution in [0.5, 0.6) is 0 Å². The molecular formula is C15H10ClNO. The van der Waals surface area contributed by atoms with Gasteiger partial charge in [-0.25, -0.2) is 4.98 Å². The summed E-state index contributed by atoms with van der Waals surface area (Å²) in [5.41, 5.74) is 2.59. The Morgan fingerprint density at radius 1 is 0.944 bits per heavy atom. The molecule has 0 aliphatic heterocycles. The van der Waals surface area contributed by atoms with E-state index in [9.17, 15) is 0 Å². The van der Waals surface area contributed by atoms with E-state index in [1.165, 1.54) is 0 Å². The van der Waals surface area contributed by atoms with Gasteiger partial charge in [0, 0.05) is 11.1 Å². The molecule has 0 fully saturated rings. The summed E-state index contributed by atoms with van der Waals surface area (Å²) in [4.78, 5) is 4.36. The summed E-state index contributed by atoms with van der Waals surface area (Å²) in [7, 11) is 0. The molecule has 2 nitrogen and oxygen atoms in total. The molecule has 2 aromatic carbocycles. The van der Waals surface area contributed by atoms with Crippen molar-refractivity contribution in [3.63, 3.8) is 0 Å². The lowest BCUT2D eigenvalue weighted by Gasteiger charge is -1.94. The smallest absolute Gasteiger partial charge is 0.220 e. The molecule has 1 aromatic heterocycles. The first-order valence-electron chi connectivity index (χ1n) is 5.61. The minimum Gasteiger partial charge on any atom is -0.437 e. The van der Waals surface area contributed by atoms with Crippen LogP contribution < -0.4 is 0 Å². The minimum atomic E-state index is 0.580. The Balaban J connectivity index is 1.95. The monoisotopic (exact) mass is 255 g/mol. The number of rotatable bonds is 2. The third kappa shape index (κ3) is 2.15. The third-order valence-corrected chi connectivity index (χ3v) is 2.97. The number of para-hydroxylation sites is 2. The maximum absolute atomic E-state index is 6.07. The van der Waals surface area contributed by atoms with Crippen molar-refractivity contribution in [2.24, 2.45) is 0 Å². The van der Waals surface area contributed by atoms with Gasteiger partial charge < -0.3 is 4.42 Å². The second-order valence-corrected chi connectivity index (χ2v) is 4.28. The Hall–Kier alpha value is -2.06. The predicted octanol–water partition coefficient (Wildman–Crippen LogP) is 4.65. The topological polar surface area (TPSA) is 26.0 Å². The van der Waals surface area contributed by atoms with E-state index < -0.39 is 0 Å². The van der Waals surface area contributed by atoms with Gasteiger partial charge in [-0.2, -0.15) is 0 Å². The largest absolute Gasteiger partial charge is 0.437 e. The third-order valence-electron chi connectivity index (χ3n) is 2.62. The maximum atomic E-state index is 6.07. The first-order valence-corrected chi connectivity index (χ1v) is 5.99. The number of benzene rings is 2. The van der Waals surface area contributed by atoms with Crippen LogP contribution in [-0.4, -0.2) is 4.98 Å². The zero-order valence-electron chi connectivity index (χ0n) is 9.51. The summed E-state index contributed by atoms with van der Waals surface area (Å²) in [6.45, 7) is 0. The van der Waals surface area contributed by atoms with Crippen molar-refractivity contribution in [2.75, 3.05) is 0 Å². The molecule has 0 saturated heterocycles. The summed E-state index contributed by atoms with van der Waals surface area (Å²) < 4.78 is 5.59. The van der Waals surface area contributed by atoms with Crippen LogP contribution in [0, 0.1) is 0 Å². The summed E-state index contributed by atoms with van der Waals surface area (Å²) in [6, 6.07) is 15.3. The number of halogens is 1. The van der Waals surface area contributed by atoms with E-state index >= 15 is 0 Å².